The first kappa shape index (κ1) is 18.0. The van der Waals surface area contributed by atoms with Gasteiger partial charge in [-0.15, -0.1) is 5.10 Å². The molecule has 0 aliphatic carbocycles. The fraction of sp³-hybridized carbons (Fsp3) is 0.118. The molecular weight excluding hydrogens is 370 g/mol. The molecule has 0 bridgehead atoms. The summed E-state index contributed by atoms with van der Waals surface area (Å²) in [6.07, 6.45) is 1.54. The van der Waals surface area contributed by atoms with Crippen molar-refractivity contribution in [1.82, 2.24) is 25.6 Å². The minimum atomic E-state index is 0.381. The van der Waals surface area contributed by atoms with Gasteiger partial charge < -0.3 is 5.32 Å². The number of hydrogen-bond donors (Lipinski definition) is 2. The number of aromatic nitrogens is 4. The predicted octanol–water partition coefficient (Wildman–Crippen LogP) is 3.33. The molecule has 0 saturated carbocycles. The first-order valence-corrected chi connectivity index (χ1v) is 8.53. The summed E-state index contributed by atoms with van der Waals surface area (Å²) in [7, 11) is 0. The molecular formula is C17H16ClN7S. The van der Waals surface area contributed by atoms with Crippen LogP contribution in [0.1, 0.15) is 18.1 Å². The first-order valence-electron chi connectivity index (χ1n) is 7.75. The lowest BCUT2D eigenvalue weighted by Gasteiger charge is -2.11. The van der Waals surface area contributed by atoms with Gasteiger partial charge in [0.2, 0.25) is 0 Å². The van der Waals surface area contributed by atoms with Crippen LogP contribution >= 0.6 is 23.8 Å². The number of hydrazone groups is 1. The van der Waals surface area contributed by atoms with E-state index in [1.54, 1.807) is 4.68 Å². The molecule has 0 spiro atoms. The second-order valence-electron chi connectivity index (χ2n) is 5.48. The van der Waals surface area contributed by atoms with Crippen LogP contribution in [-0.4, -0.2) is 31.0 Å². The first-order chi connectivity index (χ1) is 12.5. The third kappa shape index (κ3) is 4.22. The number of benzene rings is 2. The Kier molecular flexibility index (Phi) is 5.55. The van der Waals surface area contributed by atoms with Gasteiger partial charge in [-0.25, -0.2) is 4.68 Å². The topological polar surface area (TPSA) is 80.0 Å². The zero-order valence-corrected chi connectivity index (χ0v) is 15.7. The van der Waals surface area contributed by atoms with E-state index in [4.69, 9.17) is 23.8 Å². The maximum atomic E-state index is 6.11. The summed E-state index contributed by atoms with van der Waals surface area (Å²) in [6.45, 7) is 3.81. The lowest BCUT2D eigenvalue weighted by Crippen LogP contribution is -2.25. The van der Waals surface area contributed by atoms with Crippen LogP contribution in [0.5, 0.6) is 0 Å². The van der Waals surface area contributed by atoms with E-state index >= 15 is 0 Å². The molecule has 0 aliphatic heterocycles. The molecule has 26 heavy (non-hydrogen) atoms. The highest BCUT2D eigenvalue weighted by Gasteiger charge is 2.05. The Morgan fingerprint density at radius 2 is 2.04 bits per heavy atom. The Morgan fingerprint density at radius 3 is 2.81 bits per heavy atom. The maximum Gasteiger partial charge on any atom is 0.191 e. The van der Waals surface area contributed by atoms with Crippen LogP contribution in [0.15, 0.2) is 53.9 Å². The second-order valence-corrected chi connectivity index (χ2v) is 6.30. The molecule has 0 aliphatic rings. The Hall–Kier alpha value is -2.84. The molecule has 0 unspecified atom stereocenters. The van der Waals surface area contributed by atoms with Crippen LogP contribution in [0, 0.1) is 6.92 Å². The van der Waals surface area contributed by atoms with Crippen LogP contribution in [0.2, 0.25) is 5.02 Å². The number of nitrogens with zero attached hydrogens (tertiary/aromatic N) is 5. The fourth-order valence-electron chi connectivity index (χ4n) is 2.25. The molecule has 0 amide bonds. The van der Waals surface area contributed by atoms with Crippen molar-refractivity contribution in [2.45, 2.75) is 13.8 Å². The number of rotatable bonds is 4. The number of tetrazole rings is 1. The Balaban J connectivity index is 1.69. The van der Waals surface area contributed by atoms with E-state index in [-0.39, 0.29) is 0 Å². The SMILES string of the molecule is C/C(=N\NC(=S)Nc1cccc(Cl)c1C)c1cccc(-n2cnnn2)c1. The smallest absolute Gasteiger partial charge is 0.191 e. The zero-order chi connectivity index (χ0) is 18.5. The van der Waals surface area contributed by atoms with Gasteiger partial charge in [0.1, 0.15) is 6.33 Å². The van der Waals surface area contributed by atoms with Crippen LogP contribution in [0.4, 0.5) is 5.69 Å². The van der Waals surface area contributed by atoms with Gasteiger partial charge in [0.25, 0.3) is 0 Å². The van der Waals surface area contributed by atoms with Crippen molar-refractivity contribution in [3.05, 3.63) is 64.9 Å². The number of hydrogen-bond acceptors (Lipinski definition) is 5. The normalized spacial score (nSPS) is 11.3. The lowest BCUT2D eigenvalue weighted by atomic mass is 10.1. The molecule has 1 heterocycles. The molecule has 1 aromatic heterocycles. The molecule has 2 N–H and O–H groups in total. The van der Waals surface area contributed by atoms with Crippen molar-refractivity contribution in [1.29, 1.82) is 0 Å². The van der Waals surface area contributed by atoms with Crippen LogP contribution in [-0.2, 0) is 0 Å². The van der Waals surface area contributed by atoms with E-state index in [2.05, 4.69) is 31.4 Å². The monoisotopic (exact) mass is 385 g/mol. The van der Waals surface area contributed by atoms with Gasteiger partial charge >= 0.3 is 0 Å². The molecule has 2 aromatic carbocycles. The van der Waals surface area contributed by atoms with E-state index < -0.39 is 0 Å². The molecule has 0 fully saturated rings. The molecule has 132 valence electrons. The van der Waals surface area contributed by atoms with E-state index in [0.717, 1.165) is 28.2 Å². The van der Waals surface area contributed by atoms with E-state index in [1.165, 1.54) is 6.33 Å². The molecule has 0 atom stereocenters. The summed E-state index contributed by atoms with van der Waals surface area (Å²) in [4.78, 5) is 0. The number of halogens is 1. The summed E-state index contributed by atoms with van der Waals surface area (Å²) in [6, 6.07) is 13.3. The van der Waals surface area contributed by atoms with Crippen molar-refractivity contribution in [2.24, 2.45) is 5.10 Å². The van der Waals surface area contributed by atoms with Crippen molar-refractivity contribution in [3.63, 3.8) is 0 Å². The number of thiocarbonyl (C=S) groups is 1. The van der Waals surface area contributed by atoms with E-state index in [9.17, 15) is 0 Å². The zero-order valence-electron chi connectivity index (χ0n) is 14.1. The third-order valence-corrected chi connectivity index (χ3v) is 4.32. The lowest BCUT2D eigenvalue weighted by molar-refractivity contribution is 0.789. The highest BCUT2D eigenvalue weighted by atomic mass is 35.5. The maximum absolute atomic E-state index is 6.11. The van der Waals surface area contributed by atoms with Gasteiger partial charge in [0.15, 0.2) is 5.11 Å². The summed E-state index contributed by atoms with van der Waals surface area (Å²) in [5.74, 6) is 0. The second kappa shape index (κ2) is 8.03. The molecule has 0 radical (unpaired) electrons. The van der Waals surface area contributed by atoms with E-state index in [0.29, 0.717) is 10.1 Å². The van der Waals surface area contributed by atoms with Gasteiger partial charge in [-0.1, -0.05) is 29.8 Å². The Bertz CT molecular complexity index is 954. The number of anilines is 1. The van der Waals surface area contributed by atoms with Crippen molar-refractivity contribution in [3.8, 4) is 5.69 Å². The molecule has 3 aromatic rings. The highest BCUT2D eigenvalue weighted by molar-refractivity contribution is 7.80. The molecule has 9 heteroatoms. The summed E-state index contributed by atoms with van der Waals surface area (Å²) >= 11 is 11.4. The van der Waals surface area contributed by atoms with Gasteiger partial charge in [0.05, 0.1) is 11.4 Å². The minimum Gasteiger partial charge on any atom is -0.331 e. The molecule has 7 nitrogen and oxygen atoms in total. The van der Waals surface area contributed by atoms with Gasteiger partial charge in [-0.3, -0.25) is 5.43 Å². The van der Waals surface area contributed by atoms with Crippen molar-refractivity contribution in [2.75, 3.05) is 5.32 Å². The third-order valence-electron chi connectivity index (χ3n) is 3.72. The predicted molar refractivity (Wildman–Crippen MR) is 107 cm³/mol. The van der Waals surface area contributed by atoms with Crippen LogP contribution < -0.4 is 10.7 Å². The van der Waals surface area contributed by atoms with Crippen LogP contribution in [0.25, 0.3) is 5.69 Å². The molecule has 0 saturated heterocycles. The largest absolute Gasteiger partial charge is 0.331 e. The average Bonchev–Trinajstić information content (AvgIpc) is 3.18. The molecule has 3 rings (SSSR count). The summed E-state index contributed by atoms with van der Waals surface area (Å²) < 4.78 is 1.58. The number of nitrogens with one attached hydrogen (secondary N) is 2. The van der Waals surface area contributed by atoms with E-state index in [1.807, 2.05) is 56.3 Å². The fourth-order valence-corrected chi connectivity index (χ4v) is 2.58. The standard InChI is InChI=1S/C17H16ClN7S/c1-11-15(18)7-4-8-16(11)20-17(26)22-21-12(2)13-5-3-6-14(9-13)25-10-19-23-24-25/h3-10H,1-2H3,(H2,20,22,26)/b21-12+. The van der Waals surface area contributed by atoms with Crippen molar-refractivity contribution >= 4 is 40.3 Å². The van der Waals surface area contributed by atoms with Crippen LogP contribution in [0.3, 0.4) is 0 Å². The average molecular weight is 386 g/mol. The summed E-state index contributed by atoms with van der Waals surface area (Å²) in [5.41, 5.74) is 7.15. The highest BCUT2D eigenvalue weighted by Crippen LogP contribution is 2.22. The van der Waals surface area contributed by atoms with Crippen molar-refractivity contribution < 1.29 is 0 Å². The Morgan fingerprint density at radius 1 is 1.23 bits per heavy atom. The Labute approximate surface area is 161 Å². The minimum absolute atomic E-state index is 0.381. The van der Waals surface area contributed by atoms with Gasteiger partial charge in [-0.2, -0.15) is 5.10 Å². The van der Waals surface area contributed by atoms with Gasteiger partial charge in [-0.05, 0) is 71.9 Å². The van der Waals surface area contributed by atoms with Gasteiger partial charge in [0, 0.05) is 10.7 Å². The quantitative estimate of drug-likeness (QED) is 0.407. The summed E-state index contributed by atoms with van der Waals surface area (Å²) in [5, 5.41) is 19.6.